The molecule has 7 rings (SSSR count). The maximum Gasteiger partial charge on any atom is 0.296 e. The molecule has 0 aliphatic rings. The maximum atomic E-state index is 12.5. The largest absolute Gasteiger partial charge is 0.506 e. The molecule has 0 saturated heterocycles. The van der Waals surface area contributed by atoms with Gasteiger partial charge in [-0.2, -0.15) is 50.8 Å². The Hall–Kier alpha value is -7.67. The molecular formula is C44H37N9O11S3. The third-order valence-corrected chi connectivity index (χ3v) is 12.5. The van der Waals surface area contributed by atoms with Gasteiger partial charge in [-0.05, 0) is 146 Å². The molecule has 7 aromatic carbocycles. The van der Waals surface area contributed by atoms with Crippen molar-refractivity contribution < 1.29 is 49.1 Å². The molecule has 6 N–H and O–H groups in total. The van der Waals surface area contributed by atoms with E-state index in [4.69, 9.17) is 0 Å². The summed E-state index contributed by atoms with van der Waals surface area (Å²) in [6, 6.07) is 28.6. The Morgan fingerprint density at radius 3 is 1.67 bits per heavy atom. The van der Waals surface area contributed by atoms with Crippen molar-refractivity contribution in [3.8, 4) is 11.5 Å². The summed E-state index contributed by atoms with van der Waals surface area (Å²) in [6.45, 7) is 6.97. The summed E-state index contributed by atoms with van der Waals surface area (Å²) in [5.41, 5.74) is 4.87. The molecule has 67 heavy (non-hydrogen) atoms. The zero-order valence-corrected chi connectivity index (χ0v) is 37.9. The van der Waals surface area contributed by atoms with E-state index in [1.54, 1.807) is 76.2 Å². The number of phenols is 2. The van der Waals surface area contributed by atoms with E-state index < -0.39 is 56.5 Å². The second kappa shape index (κ2) is 18.7. The van der Waals surface area contributed by atoms with Gasteiger partial charge in [0.05, 0.1) is 33.3 Å². The van der Waals surface area contributed by atoms with Gasteiger partial charge >= 0.3 is 0 Å². The summed E-state index contributed by atoms with van der Waals surface area (Å²) < 4.78 is 101. The SMILES string of the molecule is Cc1cc(N=Nc2c(S(=O)(=O)O)cc3cc(Nc4ccccc4)ccc3c2O)c(O)cc1N=Nc1cc(C)c(N=Nc2ccc(N=Nc3ccc(S(=O)(=O)O)cc3S(=O)(=O)O)c(C)c2)c(C)c1. The van der Waals surface area contributed by atoms with E-state index in [0.29, 0.717) is 62.1 Å². The quantitative estimate of drug-likeness (QED) is 0.0464. The van der Waals surface area contributed by atoms with Crippen molar-refractivity contribution in [2.24, 2.45) is 40.9 Å². The lowest BCUT2D eigenvalue weighted by molar-refractivity contribution is 0.471. The molecule has 7 aromatic rings. The number of phenolic OH excluding ortho intramolecular Hbond substituents is 2. The summed E-state index contributed by atoms with van der Waals surface area (Å²) in [6.07, 6.45) is 0. The van der Waals surface area contributed by atoms with E-state index in [1.165, 1.54) is 18.2 Å². The van der Waals surface area contributed by atoms with Crippen LogP contribution in [0.1, 0.15) is 22.3 Å². The molecule has 0 fully saturated rings. The van der Waals surface area contributed by atoms with Crippen LogP contribution in [0.5, 0.6) is 11.5 Å². The molecule has 0 saturated carbocycles. The minimum absolute atomic E-state index is 0.0872. The molecule has 342 valence electrons. The van der Waals surface area contributed by atoms with Gasteiger partial charge in [0.2, 0.25) is 0 Å². The predicted molar refractivity (Wildman–Crippen MR) is 248 cm³/mol. The number of azo groups is 4. The highest BCUT2D eigenvalue weighted by atomic mass is 32.2. The first kappa shape index (κ1) is 47.3. The average molecular weight is 964 g/mol. The third-order valence-electron chi connectivity index (χ3n) is 9.91. The van der Waals surface area contributed by atoms with Crippen molar-refractivity contribution >= 4 is 98.0 Å². The van der Waals surface area contributed by atoms with Crippen molar-refractivity contribution in [3.05, 3.63) is 138 Å². The summed E-state index contributed by atoms with van der Waals surface area (Å²) >= 11 is 0. The van der Waals surface area contributed by atoms with Crippen LogP contribution in [0.25, 0.3) is 10.8 Å². The second-order valence-corrected chi connectivity index (χ2v) is 19.1. The number of nitrogens with zero attached hydrogens (tertiary/aromatic N) is 8. The Kier molecular flexibility index (Phi) is 13.2. The minimum atomic E-state index is -4.94. The van der Waals surface area contributed by atoms with Crippen LogP contribution in [0.2, 0.25) is 0 Å². The van der Waals surface area contributed by atoms with Crippen molar-refractivity contribution in [2.45, 2.75) is 42.4 Å². The third kappa shape index (κ3) is 11.1. The van der Waals surface area contributed by atoms with Gasteiger partial charge in [0.25, 0.3) is 30.4 Å². The Morgan fingerprint density at radius 1 is 0.433 bits per heavy atom. The van der Waals surface area contributed by atoms with Crippen LogP contribution in [-0.2, 0) is 30.4 Å². The van der Waals surface area contributed by atoms with Gasteiger partial charge in [0, 0.05) is 22.8 Å². The molecule has 23 heteroatoms. The molecule has 0 unspecified atom stereocenters. The average Bonchev–Trinajstić information content (AvgIpc) is 3.25. The molecule has 0 radical (unpaired) electrons. The molecule has 0 aliphatic heterocycles. The van der Waals surface area contributed by atoms with Gasteiger partial charge in [-0.15, -0.1) is 15.3 Å². The fourth-order valence-corrected chi connectivity index (χ4v) is 8.49. The van der Waals surface area contributed by atoms with E-state index in [-0.39, 0.29) is 28.2 Å². The molecular weight excluding hydrogens is 927 g/mol. The van der Waals surface area contributed by atoms with Crippen LogP contribution >= 0.6 is 0 Å². The molecule has 0 heterocycles. The van der Waals surface area contributed by atoms with E-state index in [2.05, 4.69) is 46.2 Å². The van der Waals surface area contributed by atoms with Crippen LogP contribution in [0.4, 0.5) is 56.9 Å². The smallest absolute Gasteiger partial charge is 0.296 e. The van der Waals surface area contributed by atoms with Gasteiger partial charge in [-0.25, -0.2) is 0 Å². The van der Waals surface area contributed by atoms with Crippen LogP contribution in [0, 0.1) is 27.7 Å². The van der Waals surface area contributed by atoms with E-state index in [9.17, 15) is 49.1 Å². The number of hydrogen-bond acceptors (Lipinski definition) is 17. The van der Waals surface area contributed by atoms with Crippen molar-refractivity contribution in [2.75, 3.05) is 5.32 Å². The molecule has 0 atom stereocenters. The number of hydrogen-bond donors (Lipinski definition) is 6. The molecule has 0 bridgehead atoms. The lowest BCUT2D eigenvalue weighted by Crippen LogP contribution is -2.03. The first-order valence-electron chi connectivity index (χ1n) is 19.5. The van der Waals surface area contributed by atoms with Crippen LogP contribution in [0.15, 0.2) is 171 Å². The number of anilines is 2. The highest BCUT2D eigenvalue weighted by molar-refractivity contribution is 7.87. The van der Waals surface area contributed by atoms with Gasteiger partial charge in [0.1, 0.15) is 32.6 Å². The Morgan fingerprint density at radius 2 is 1.01 bits per heavy atom. The van der Waals surface area contributed by atoms with E-state index in [1.807, 2.05) is 30.3 Å². The van der Waals surface area contributed by atoms with Crippen molar-refractivity contribution in [1.29, 1.82) is 0 Å². The lowest BCUT2D eigenvalue weighted by atomic mass is 10.1. The summed E-state index contributed by atoms with van der Waals surface area (Å²) in [4.78, 5) is -2.32. The molecule has 0 spiro atoms. The molecule has 0 amide bonds. The van der Waals surface area contributed by atoms with Crippen LogP contribution in [0.3, 0.4) is 0 Å². The van der Waals surface area contributed by atoms with Crippen LogP contribution < -0.4 is 5.32 Å². The minimum Gasteiger partial charge on any atom is -0.506 e. The first-order valence-corrected chi connectivity index (χ1v) is 23.8. The van der Waals surface area contributed by atoms with Gasteiger partial charge < -0.3 is 15.5 Å². The Labute approximate surface area is 383 Å². The number of nitrogens with one attached hydrogen (secondary N) is 1. The number of aryl methyl sites for hydroxylation is 4. The van der Waals surface area contributed by atoms with E-state index in [0.717, 1.165) is 17.8 Å². The number of fused-ring (bicyclic) bond motifs is 1. The lowest BCUT2D eigenvalue weighted by Gasteiger charge is -2.11. The monoisotopic (exact) mass is 963 g/mol. The molecule has 0 aliphatic carbocycles. The molecule has 0 aromatic heterocycles. The summed E-state index contributed by atoms with van der Waals surface area (Å²) in [7, 11) is -14.6. The number of rotatable bonds is 13. The predicted octanol–water partition coefficient (Wildman–Crippen LogP) is 12.6. The summed E-state index contributed by atoms with van der Waals surface area (Å²) in [5, 5.41) is 59.0. The fourth-order valence-electron chi connectivity index (χ4n) is 6.61. The fraction of sp³-hybridized carbons (Fsp3) is 0.0909. The topological polar surface area (TPSA) is 314 Å². The maximum absolute atomic E-state index is 12.5. The summed E-state index contributed by atoms with van der Waals surface area (Å²) in [5.74, 6) is -0.942. The number of para-hydroxylation sites is 1. The highest BCUT2D eigenvalue weighted by Gasteiger charge is 2.23. The second-order valence-electron chi connectivity index (χ2n) is 14.9. The first-order chi connectivity index (χ1) is 31.5. The van der Waals surface area contributed by atoms with E-state index >= 15 is 0 Å². The zero-order valence-electron chi connectivity index (χ0n) is 35.5. The number of benzene rings is 7. The van der Waals surface area contributed by atoms with Gasteiger partial charge in [-0.1, -0.05) is 18.2 Å². The molecule has 20 nitrogen and oxygen atoms in total. The Bertz CT molecular complexity index is 3580. The Balaban J connectivity index is 1.07. The standard InChI is InChI=1S/C44H37N9O11S3/c1-24-16-31(11-14-35(24)48-49-36-15-12-33(65(56,57)58)22-40(36)66(59,60)61)46-52-42-26(3)17-32(18-27(42)4)47-50-37-23-39(54)38(19-25(37)2)51-53-43-41(67(62,63)64)21-28-20-30(10-13-34(28)44(43)55)45-29-8-6-5-7-9-29/h5-23,45,54-55H,1-4H3,(H,56,57,58)(H,59,60,61)(H,62,63,64). The van der Waals surface area contributed by atoms with Gasteiger partial charge in [-0.3, -0.25) is 13.7 Å². The highest BCUT2D eigenvalue weighted by Crippen LogP contribution is 2.44. The van der Waals surface area contributed by atoms with Gasteiger partial charge in [0.15, 0.2) is 5.75 Å². The zero-order chi connectivity index (χ0) is 48.4. The van der Waals surface area contributed by atoms with Crippen molar-refractivity contribution in [3.63, 3.8) is 0 Å². The number of aromatic hydroxyl groups is 2. The normalized spacial score (nSPS) is 12.6. The van der Waals surface area contributed by atoms with Crippen LogP contribution in [-0.4, -0.2) is 49.1 Å². The van der Waals surface area contributed by atoms with Crippen molar-refractivity contribution in [1.82, 2.24) is 0 Å².